The minimum atomic E-state index is -0.281. The summed E-state index contributed by atoms with van der Waals surface area (Å²) < 4.78 is 11.0. The number of methoxy groups -OCH3 is 1. The van der Waals surface area contributed by atoms with Crippen molar-refractivity contribution in [3.05, 3.63) is 44.9 Å². The van der Waals surface area contributed by atoms with Gasteiger partial charge < -0.3 is 9.30 Å². The lowest BCUT2D eigenvalue weighted by Gasteiger charge is -2.08. The van der Waals surface area contributed by atoms with E-state index in [1.54, 1.807) is 17.9 Å². The van der Waals surface area contributed by atoms with Gasteiger partial charge in [-0.25, -0.2) is 0 Å². The fourth-order valence-corrected chi connectivity index (χ4v) is 4.35. The van der Waals surface area contributed by atoms with Crippen LogP contribution in [0, 0.1) is 6.92 Å². The lowest BCUT2D eigenvalue weighted by atomic mass is 10.3. The Morgan fingerprint density at radius 2 is 2.15 bits per heavy atom. The van der Waals surface area contributed by atoms with E-state index < -0.39 is 0 Å². The molecule has 0 saturated carbocycles. The van der Waals surface area contributed by atoms with Gasteiger partial charge in [-0.15, -0.1) is 0 Å². The van der Waals surface area contributed by atoms with E-state index in [1.165, 1.54) is 11.3 Å². The Balaban J connectivity index is 2.12. The second-order valence-electron chi connectivity index (χ2n) is 6.27. The lowest BCUT2D eigenvalue weighted by Crippen LogP contribution is -2.20. The molecule has 0 aliphatic carbocycles. The number of fused-ring (bicyclic) bond motifs is 1. The molecule has 0 saturated heterocycles. The molecule has 0 fully saturated rings. The molecule has 6 nitrogen and oxygen atoms in total. The molecule has 1 amide bonds. The highest BCUT2D eigenvalue weighted by atomic mass is 79.9. The van der Waals surface area contributed by atoms with E-state index in [2.05, 4.69) is 26.0 Å². The summed E-state index contributed by atoms with van der Waals surface area (Å²) in [4.78, 5) is 17.9. The van der Waals surface area contributed by atoms with Crippen molar-refractivity contribution in [1.29, 1.82) is 0 Å². The predicted molar refractivity (Wildman–Crippen MR) is 107 cm³/mol. The molecule has 3 rings (SSSR count). The second kappa shape index (κ2) is 7.85. The number of nitrogens with zero attached hydrogens (tertiary/aromatic N) is 4. The normalized spacial score (nSPS) is 12.5. The van der Waals surface area contributed by atoms with Gasteiger partial charge in [0, 0.05) is 24.2 Å². The Morgan fingerprint density at radius 3 is 2.85 bits per heavy atom. The van der Waals surface area contributed by atoms with E-state index in [0.29, 0.717) is 23.6 Å². The van der Waals surface area contributed by atoms with E-state index in [4.69, 9.17) is 4.74 Å². The first-order valence-corrected chi connectivity index (χ1v) is 9.94. The molecule has 1 aromatic carbocycles. The van der Waals surface area contributed by atoms with Crippen molar-refractivity contribution in [2.24, 2.45) is 4.99 Å². The van der Waals surface area contributed by atoms with Gasteiger partial charge in [-0.05, 0) is 45.0 Å². The maximum atomic E-state index is 12.8. The quantitative estimate of drug-likeness (QED) is 0.608. The van der Waals surface area contributed by atoms with Gasteiger partial charge in [0.25, 0.3) is 5.91 Å². The number of benzene rings is 1. The predicted octanol–water partition coefficient (Wildman–Crippen LogP) is 3.94. The number of halogens is 1. The van der Waals surface area contributed by atoms with Crippen LogP contribution in [0.15, 0.2) is 33.7 Å². The summed E-state index contributed by atoms with van der Waals surface area (Å²) in [5.41, 5.74) is 2.36. The molecule has 2 heterocycles. The van der Waals surface area contributed by atoms with E-state index in [0.717, 1.165) is 20.4 Å². The van der Waals surface area contributed by atoms with Crippen LogP contribution >= 0.6 is 27.3 Å². The Morgan fingerprint density at radius 1 is 1.38 bits per heavy atom. The third kappa shape index (κ3) is 3.82. The molecule has 0 radical (unpaired) electrons. The molecular formula is C18H21BrN4O2S. The van der Waals surface area contributed by atoms with Crippen molar-refractivity contribution in [3.8, 4) is 0 Å². The number of rotatable bonds is 5. The van der Waals surface area contributed by atoms with E-state index >= 15 is 0 Å². The molecule has 0 spiro atoms. The fourth-order valence-electron chi connectivity index (χ4n) is 2.75. The van der Waals surface area contributed by atoms with Crippen LogP contribution in [0.4, 0.5) is 0 Å². The SMILES string of the molecule is COCCn1c(=NC(=O)c2cc(C)nn2C(C)C)sc2cc(Br)ccc21. The monoisotopic (exact) mass is 436 g/mol. The summed E-state index contributed by atoms with van der Waals surface area (Å²) in [6, 6.07) is 7.93. The molecule has 26 heavy (non-hydrogen) atoms. The molecule has 0 atom stereocenters. The van der Waals surface area contributed by atoms with Crippen molar-refractivity contribution in [1.82, 2.24) is 14.3 Å². The van der Waals surface area contributed by atoms with Gasteiger partial charge >= 0.3 is 0 Å². The minimum absolute atomic E-state index is 0.0943. The largest absolute Gasteiger partial charge is 0.383 e. The van der Waals surface area contributed by atoms with Gasteiger partial charge in [-0.3, -0.25) is 9.48 Å². The number of thiazole rings is 1. The Bertz CT molecular complexity index is 1020. The highest BCUT2D eigenvalue weighted by molar-refractivity contribution is 9.10. The number of aromatic nitrogens is 3. The summed E-state index contributed by atoms with van der Waals surface area (Å²) in [5.74, 6) is -0.281. The molecule has 138 valence electrons. The molecular weight excluding hydrogens is 416 g/mol. The summed E-state index contributed by atoms with van der Waals surface area (Å²) >= 11 is 4.99. The van der Waals surface area contributed by atoms with Crippen LogP contribution in [0.1, 0.15) is 36.1 Å². The number of carbonyl (C=O) groups excluding carboxylic acids is 1. The zero-order valence-electron chi connectivity index (χ0n) is 15.2. The number of hydrogen-bond acceptors (Lipinski definition) is 4. The summed E-state index contributed by atoms with van der Waals surface area (Å²) in [6.45, 7) is 7.06. The molecule has 0 unspecified atom stereocenters. The van der Waals surface area contributed by atoms with Crippen molar-refractivity contribution >= 4 is 43.4 Å². The van der Waals surface area contributed by atoms with Crippen LogP contribution in [-0.2, 0) is 11.3 Å². The number of amides is 1. The smallest absolute Gasteiger partial charge is 0.297 e. The molecule has 0 bridgehead atoms. The van der Waals surface area contributed by atoms with Gasteiger partial charge in [0.15, 0.2) is 4.80 Å². The lowest BCUT2D eigenvalue weighted by molar-refractivity contribution is 0.0985. The summed E-state index contributed by atoms with van der Waals surface area (Å²) in [7, 11) is 1.66. The van der Waals surface area contributed by atoms with Crippen molar-refractivity contribution < 1.29 is 9.53 Å². The van der Waals surface area contributed by atoms with Crippen molar-refractivity contribution in [2.75, 3.05) is 13.7 Å². The molecule has 0 N–H and O–H groups in total. The molecule has 0 aliphatic heterocycles. The minimum Gasteiger partial charge on any atom is -0.383 e. The molecule has 3 aromatic rings. The second-order valence-corrected chi connectivity index (χ2v) is 8.19. The fraction of sp³-hybridized carbons (Fsp3) is 0.389. The molecule has 2 aromatic heterocycles. The summed E-state index contributed by atoms with van der Waals surface area (Å²) in [6.07, 6.45) is 0. The first-order valence-electron chi connectivity index (χ1n) is 8.33. The summed E-state index contributed by atoms with van der Waals surface area (Å²) in [5, 5.41) is 4.41. The highest BCUT2D eigenvalue weighted by Gasteiger charge is 2.16. The van der Waals surface area contributed by atoms with Crippen molar-refractivity contribution in [3.63, 3.8) is 0 Å². The first-order chi connectivity index (χ1) is 12.4. The van der Waals surface area contributed by atoms with Crippen LogP contribution in [0.2, 0.25) is 0 Å². The maximum Gasteiger partial charge on any atom is 0.297 e. The Labute approximate surface area is 164 Å². The number of aryl methyl sites for hydroxylation is 1. The van der Waals surface area contributed by atoms with Gasteiger partial charge in [0.2, 0.25) is 0 Å². The molecule has 8 heteroatoms. The Hall–Kier alpha value is -1.77. The zero-order chi connectivity index (χ0) is 18.8. The van der Waals surface area contributed by atoms with E-state index in [9.17, 15) is 4.79 Å². The van der Waals surface area contributed by atoms with Crippen LogP contribution in [0.5, 0.6) is 0 Å². The highest BCUT2D eigenvalue weighted by Crippen LogP contribution is 2.22. The topological polar surface area (TPSA) is 61.4 Å². The molecule has 0 aliphatic rings. The van der Waals surface area contributed by atoms with E-state index in [1.807, 2.05) is 43.5 Å². The maximum absolute atomic E-state index is 12.8. The third-order valence-electron chi connectivity index (χ3n) is 3.93. The standard InChI is InChI=1S/C18H21BrN4O2S/c1-11(2)23-15(9-12(3)21-23)17(24)20-18-22(7-8-25-4)14-6-5-13(19)10-16(14)26-18/h5-6,9-11H,7-8H2,1-4H3. The zero-order valence-corrected chi connectivity index (χ0v) is 17.6. The average molecular weight is 437 g/mol. The van der Waals surface area contributed by atoms with Gasteiger partial charge in [-0.2, -0.15) is 10.1 Å². The van der Waals surface area contributed by atoms with Gasteiger partial charge in [-0.1, -0.05) is 27.3 Å². The average Bonchev–Trinajstić information content (AvgIpc) is 3.13. The number of carbonyl (C=O) groups is 1. The third-order valence-corrected chi connectivity index (χ3v) is 5.46. The van der Waals surface area contributed by atoms with Crippen LogP contribution in [0.25, 0.3) is 10.2 Å². The van der Waals surface area contributed by atoms with Gasteiger partial charge in [0.1, 0.15) is 5.69 Å². The first kappa shape index (κ1) is 19.0. The van der Waals surface area contributed by atoms with Crippen LogP contribution in [0.3, 0.4) is 0 Å². The van der Waals surface area contributed by atoms with Gasteiger partial charge in [0.05, 0.1) is 22.5 Å². The van der Waals surface area contributed by atoms with Crippen LogP contribution in [-0.4, -0.2) is 34.0 Å². The number of ether oxygens (including phenoxy) is 1. The van der Waals surface area contributed by atoms with Crippen molar-refractivity contribution in [2.45, 2.75) is 33.4 Å². The Kier molecular flexibility index (Phi) is 5.74. The van der Waals surface area contributed by atoms with Crippen LogP contribution < -0.4 is 4.80 Å². The van der Waals surface area contributed by atoms with E-state index in [-0.39, 0.29) is 11.9 Å². The number of hydrogen-bond donors (Lipinski definition) is 0.